The summed E-state index contributed by atoms with van der Waals surface area (Å²) in [6, 6.07) is 4.35. The third-order valence-electron chi connectivity index (χ3n) is 6.82. The molecule has 3 rings (SSSR count). The largest absolute Gasteiger partial charge is 0.396 e. The number of carbonyl (C=O) groups excluding carboxylic acids is 1. The zero-order chi connectivity index (χ0) is 25.6. The number of nitrogens with zero attached hydrogens (tertiary/aromatic N) is 2. The molecule has 11 heteroatoms. The van der Waals surface area contributed by atoms with E-state index in [1.807, 2.05) is 6.07 Å². The predicted molar refractivity (Wildman–Crippen MR) is 137 cm³/mol. The molecule has 0 spiro atoms. The van der Waals surface area contributed by atoms with Gasteiger partial charge < -0.3 is 26.8 Å². The van der Waals surface area contributed by atoms with E-state index in [0.29, 0.717) is 44.2 Å². The molecule has 1 aromatic carbocycles. The van der Waals surface area contributed by atoms with Crippen molar-refractivity contribution in [3.05, 3.63) is 23.8 Å². The Balaban J connectivity index is 1.79. The first-order valence-corrected chi connectivity index (χ1v) is 13.8. The van der Waals surface area contributed by atoms with Crippen molar-refractivity contribution in [3.8, 4) is 0 Å². The van der Waals surface area contributed by atoms with E-state index in [2.05, 4.69) is 28.9 Å². The van der Waals surface area contributed by atoms with E-state index < -0.39 is 16.1 Å². The summed E-state index contributed by atoms with van der Waals surface area (Å²) in [5, 5.41) is 12.5. The van der Waals surface area contributed by atoms with Gasteiger partial charge in [0.05, 0.1) is 5.69 Å². The van der Waals surface area contributed by atoms with E-state index >= 15 is 0 Å². The number of anilines is 1. The number of benzene rings is 1. The van der Waals surface area contributed by atoms with Crippen LogP contribution >= 0.6 is 0 Å². The molecule has 2 aliphatic rings. The number of sulfonamides is 1. The average molecular weight is 509 g/mol. The van der Waals surface area contributed by atoms with Crippen molar-refractivity contribution >= 4 is 27.6 Å². The Morgan fingerprint density at radius 3 is 2.69 bits per heavy atom. The number of amides is 1. The highest BCUT2D eigenvalue weighted by Gasteiger charge is 2.34. The number of nitrogens with one attached hydrogen (secondary N) is 2. The Hall–Kier alpha value is -2.37. The Morgan fingerprint density at radius 1 is 1.31 bits per heavy atom. The van der Waals surface area contributed by atoms with Gasteiger partial charge in [0, 0.05) is 32.8 Å². The second-order valence-corrected chi connectivity index (χ2v) is 12.1. The van der Waals surface area contributed by atoms with Gasteiger partial charge >= 0.3 is 0 Å². The lowest BCUT2D eigenvalue weighted by molar-refractivity contribution is -0.134. The van der Waals surface area contributed by atoms with Crippen LogP contribution in [0.25, 0.3) is 0 Å². The normalized spacial score (nSPS) is 18.9. The van der Waals surface area contributed by atoms with Gasteiger partial charge in [-0.25, -0.2) is 8.42 Å². The van der Waals surface area contributed by atoms with Gasteiger partial charge in [-0.15, -0.1) is 0 Å². The molecule has 0 aromatic heterocycles. The van der Waals surface area contributed by atoms with Crippen molar-refractivity contribution in [3.63, 3.8) is 0 Å². The molecule has 1 fully saturated rings. The zero-order valence-electron chi connectivity index (χ0n) is 20.8. The van der Waals surface area contributed by atoms with Crippen molar-refractivity contribution in [1.82, 2.24) is 9.62 Å². The van der Waals surface area contributed by atoms with Crippen LogP contribution in [0.15, 0.2) is 28.1 Å². The van der Waals surface area contributed by atoms with Crippen LogP contribution in [0.1, 0.15) is 51.5 Å². The molecule has 10 nitrogen and oxygen atoms in total. The number of likely N-dealkylation sites (tertiary alicyclic amines) is 1. The van der Waals surface area contributed by atoms with Crippen molar-refractivity contribution in [2.75, 3.05) is 38.1 Å². The number of aliphatic hydroxyl groups excluding tert-OH is 1. The van der Waals surface area contributed by atoms with Crippen LogP contribution < -0.4 is 21.5 Å². The number of rotatable bonds is 10. The lowest BCUT2D eigenvalue weighted by Crippen LogP contribution is -2.51. The summed E-state index contributed by atoms with van der Waals surface area (Å²) < 4.78 is 29.7. The van der Waals surface area contributed by atoms with Crippen LogP contribution in [0, 0.1) is 11.3 Å². The maximum atomic E-state index is 13.5. The standard InChI is InChI=1S/C24H40N6O4S/c1-24(2)15-18-5-3-7-20(21(18)28-16-24)35(33,34)29-19(6-4-11-27-23(25)26)22(32)30-12-8-17(9-13-30)10-14-31/h3,5,7,17,19,28-29,31H,4,6,8-16H2,1-2H3,(H4,25,26,27)/t19-/m0/s1. The molecule has 1 aromatic rings. The first-order chi connectivity index (χ1) is 16.5. The minimum absolute atomic E-state index is 0.0226. The number of piperidine rings is 1. The summed E-state index contributed by atoms with van der Waals surface area (Å²) in [6.07, 6.45) is 3.82. The third kappa shape index (κ3) is 7.31. The molecule has 196 valence electrons. The molecule has 35 heavy (non-hydrogen) atoms. The lowest BCUT2D eigenvalue weighted by Gasteiger charge is -2.35. The number of guanidine groups is 1. The SMILES string of the molecule is CC1(C)CNc2c(cccc2S(=O)(=O)N[C@@H](CCCN=C(N)N)C(=O)N2CCC(CCO)CC2)C1. The van der Waals surface area contributed by atoms with Gasteiger partial charge in [0.25, 0.3) is 0 Å². The third-order valence-corrected chi connectivity index (χ3v) is 8.33. The summed E-state index contributed by atoms with van der Waals surface area (Å²) in [6.45, 7) is 6.48. The molecule has 1 atom stereocenters. The van der Waals surface area contributed by atoms with E-state index in [1.54, 1.807) is 17.0 Å². The quantitative estimate of drug-likeness (QED) is 0.179. The van der Waals surface area contributed by atoms with Gasteiger partial charge in [0.1, 0.15) is 10.9 Å². The van der Waals surface area contributed by atoms with E-state index in [0.717, 1.165) is 31.2 Å². The minimum atomic E-state index is -3.97. The number of hydrogen-bond acceptors (Lipinski definition) is 6. The first kappa shape index (κ1) is 27.2. The number of fused-ring (bicyclic) bond motifs is 1. The fraction of sp³-hybridized carbons (Fsp3) is 0.667. The highest BCUT2D eigenvalue weighted by molar-refractivity contribution is 7.89. The van der Waals surface area contributed by atoms with E-state index in [1.165, 1.54) is 0 Å². The number of carbonyl (C=O) groups is 1. The second kappa shape index (κ2) is 11.6. The monoisotopic (exact) mass is 508 g/mol. The topological polar surface area (TPSA) is 163 Å². The molecule has 0 radical (unpaired) electrons. The minimum Gasteiger partial charge on any atom is -0.396 e. The molecule has 1 saturated heterocycles. The molecular weight excluding hydrogens is 468 g/mol. The Labute approximate surface area is 208 Å². The smallest absolute Gasteiger partial charge is 0.243 e. The molecule has 0 unspecified atom stereocenters. The lowest BCUT2D eigenvalue weighted by atomic mass is 9.82. The summed E-state index contributed by atoms with van der Waals surface area (Å²) in [5.41, 5.74) is 12.4. The van der Waals surface area contributed by atoms with Gasteiger partial charge in [-0.1, -0.05) is 26.0 Å². The molecule has 0 bridgehead atoms. The molecule has 0 saturated carbocycles. The van der Waals surface area contributed by atoms with Crippen molar-refractivity contribution in [2.45, 2.75) is 63.3 Å². The molecular formula is C24H40N6O4S. The van der Waals surface area contributed by atoms with Crippen molar-refractivity contribution < 1.29 is 18.3 Å². The average Bonchev–Trinajstić information content (AvgIpc) is 2.80. The van der Waals surface area contributed by atoms with Gasteiger partial charge in [0.15, 0.2) is 5.96 Å². The fourth-order valence-corrected chi connectivity index (χ4v) is 6.34. The predicted octanol–water partition coefficient (Wildman–Crippen LogP) is 1.00. The Morgan fingerprint density at radius 2 is 2.03 bits per heavy atom. The van der Waals surface area contributed by atoms with Crippen LogP contribution in [0.2, 0.25) is 0 Å². The first-order valence-electron chi connectivity index (χ1n) is 12.4. The molecule has 7 N–H and O–H groups in total. The number of nitrogens with two attached hydrogens (primary N) is 2. The van der Waals surface area contributed by atoms with Crippen LogP contribution in [0.3, 0.4) is 0 Å². The van der Waals surface area contributed by atoms with Gasteiger partial charge in [-0.2, -0.15) is 4.72 Å². The van der Waals surface area contributed by atoms with Crippen LogP contribution in [-0.2, 0) is 21.2 Å². The van der Waals surface area contributed by atoms with Crippen molar-refractivity contribution in [1.29, 1.82) is 0 Å². The van der Waals surface area contributed by atoms with Gasteiger partial charge in [-0.05, 0) is 61.5 Å². The number of hydrogen-bond donors (Lipinski definition) is 5. The van der Waals surface area contributed by atoms with Gasteiger partial charge in [-0.3, -0.25) is 9.79 Å². The Bertz CT molecular complexity index is 1010. The van der Waals surface area contributed by atoms with Crippen LogP contribution in [-0.4, -0.2) is 69.1 Å². The Kier molecular flexibility index (Phi) is 9.00. The van der Waals surface area contributed by atoms with Crippen LogP contribution in [0.5, 0.6) is 0 Å². The fourth-order valence-electron chi connectivity index (χ4n) is 4.89. The summed E-state index contributed by atoms with van der Waals surface area (Å²) in [4.78, 5) is 19.3. The molecule has 2 heterocycles. The number of aliphatic hydroxyl groups is 1. The highest BCUT2D eigenvalue weighted by atomic mass is 32.2. The van der Waals surface area contributed by atoms with Gasteiger partial charge in [0.2, 0.25) is 15.9 Å². The zero-order valence-corrected chi connectivity index (χ0v) is 21.6. The summed E-state index contributed by atoms with van der Waals surface area (Å²) >= 11 is 0. The van der Waals surface area contributed by atoms with E-state index in [9.17, 15) is 18.3 Å². The maximum Gasteiger partial charge on any atom is 0.243 e. The molecule has 1 amide bonds. The number of para-hydroxylation sites is 1. The number of aliphatic imine (C=N–C) groups is 1. The molecule has 2 aliphatic heterocycles. The highest BCUT2D eigenvalue weighted by Crippen LogP contribution is 2.36. The van der Waals surface area contributed by atoms with E-state index in [4.69, 9.17) is 11.5 Å². The second-order valence-electron chi connectivity index (χ2n) is 10.4. The molecule has 0 aliphatic carbocycles. The summed E-state index contributed by atoms with van der Waals surface area (Å²) in [7, 11) is -3.97. The van der Waals surface area contributed by atoms with Crippen LogP contribution in [0.4, 0.5) is 5.69 Å². The summed E-state index contributed by atoms with van der Waals surface area (Å²) in [5.74, 6) is 0.108. The van der Waals surface area contributed by atoms with E-state index in [-0.39, 0.29) is 35.2 Å². The maximum absolute atomic E-state index is 13.5. The van der Waals surface area contributed by atoms with Crippen molar-refractivity contribution in [2.24, 2.45) is 27.8 Å².